The molecule has 0 radical (unpaired) electrons. The third-order valence-electron chi connectivity index (χ3n) is 3.13. The summed E-state index contributed by atoms with van der Waals surface area (Å²) in [7, 11) is 0. The van der Waals surface area contributed by atoms with Gasteiger partial charge < -0.3 is 0 Å². The Morgan fingerprint density at radius 2 is 1.62 bits per heavy atom. The molecular weight excluding hydrogens is 192 g/mol. The van der Waals surface area contributed by atoms with Gasteiger partial charge in [0.1, 0.15) is 0 Å². The van der Waals surface area contributed by atoms with Crippen molar-refractivity contribution in [2.75, 3.05) is 0 Å². The van der Waals surface area contributed by atoms with Crippen molar-refractivity contribution in [3.05, 3.63) is 48.0 Å². The van der Waals surface area contributed by atoms with E-state index in [4.69, 9.17) is 0 Å². The van der Waals surface area contributed by atoms with Crippen molar-refractivity contribution < 1.29 is 0 Å². The molecule has 0 spiro atoms. The molecule has 2 aromatic rings. The molecule has 0 fully saturated rings. The average molecular weight is 212 g/mol. The normalized spacial score (nSPS) is 10.8. The molecule has 0 aliphatic carbocycles. The van der Waals surface area contributed by atoms with Gasteiger partial charge in [-0.25, -0.2) is 0 Å². The molecule has 0 saturated heterocycles. The van der Waals surface area contributed by atoms with E-state index >= 15 is 0 Å². The summed E-state index contributed by atoms with van der Waals surface area (Å²) >= 11 is 0. The minimum Gasteiger partial charge on any atom is -0.0654 e. The van der Waals surface area contributed by atoms with Crippen molar-refractivity contribution in [1.82, 2.24) is 0 Å². The highest BCUT2D eigenvalue weighted by Crippen LogP contribution is 2.17. The van der Waals surface area contributed by atoms with E-state index in [2.05, 4.69) is 49.4 Å². The third kappa shape index (κ3) is 2.85. The van der Waals surface area contributed by atoms with Crippen LogP contribution in [0, 0.1) is 0 Å². The number of hydrogen-bond acceptors (Lipinski definition) is 0. The largest absolute Gasteiger partial charge is 0.0654 e. The Hall–Kier alpha value is -1.30. The lowest BCUT2D eigenvalue weighted by molar-refractivity contribution is 0.667. The van der Waals surface area contributed by atoms with E-state index in [0.29, 0.717) is 0 Å². The number of rotatable bonds is 5. The summed E-state index contributed by atoms with van der Waals surface area (Å²) < 4.78 is 0. The Morgan fingerprint density at radius 1 is 0.812 bits per heavy atom. The van der Waals surface area contributed by atoms with Gasteiger partial charge in [-0.15, -0.1) is 0 Å². The van der Waals surface area contributed by atoms with Crippen LogP contribution in [0.15, 0.2) is 42.5 Å². The van der Waals surface area contributed by atoms with Crippen LogP contribution >= 0.6 is 0 Å². The highest BCUT2D eigenvalue weighted by molar-refractivity contribution is 5.82. The van der Waals surface area contributed by atoms with Crippen molar-refractivity contribution >= 4 is 10.8 Å². The second-order valence-electron chi connectivity index (χ2n) is 4.49. The minimum atomic E-state index is 1.23. The Kier molecular flexibility index (Phi) is 3.98. The second kappa shape index (κ2) is 5.69. The summed E-state index contributed by atoms with van der Waals surface area (Å²) in [4.78, 5) is 0. The smallest absolute Gasteiger partial charge is 0.0181 e. The molecule has 0 saturated carbocycles. The fourth-order valence-corrected chi connectivity index (χ4v) is 2.15. The molecular formula is C16H20. The first kappa shape index (κ1) is 11.2. The van der Waals surface area contributed by atoms with Crippen molar-refractivity contribution in [3.63, 3.8) is 0 Å². The molecule has 0 amide bonds. The van der Waals surface area contributed by atoms with E-state index in [9.17, 15) is 0 Å². The van der Waals surface area contributed by atoms with Crippen LogP contribution in [0.2, 0.25) is 0 Å². The van der Waals surface area contributed by atoms with Gasteiger partial charge in [-0.1, -0.05) is 68.7 Å². The Labute approximate surface area is 98.3 Å². The lowest BCUT2D eigenvalue weighted by Gasteiger charge is -2.03. The van der Waals surface area contributed by atoms with Crippen LogP contribution in [0.3, 0.4) is 0 Å². The molecule has 0 N–H and O–H groups in total. The maximum absolute atomic E-state index is 2.33. The van der Waals surface area contributed by atoms with Crippen LogP contribution < -0.4 is 0 Å². The molecule has 0 heterocycles. The number of benzene rings is 2. The van der Waals surface area contributed by atoms with Crippen LogP contribution in [0.1, 0.15) is 38.2 Å². The van der Waals surface area contributed by atoms with Crippen molar-refractivity contribution in [3.8, 4) is 0 Å². The van der Waals surface area contributed by atoms with Gasteiger partial charge in [-0.3, -0.25) is 0 Å². The van der Waals surface area contributed by atoms with E-state index in [1.165, 1.54) is 48.4 Å². The summed E-state index contributed by atoms with van der Waals surface area (Å²) in [5.41, 5.74) is 1.48. The molecule has 0 atom stereocenters. The van der Waals surface area contributed by atoms with Crippen LogP contribution in [0.5, 0.6) is 0 Å². The second-order valence-corrected chi connectivity index (χ2v) is 4.49. The molecule has 16 heavy (non-hydrogen) atoms. The molecule has 2 aromatic carbocycles. The maximum Gasteiger partial charge on any atom is -0.0181 e. The molecule has 2 rings (SSSR count). The van der Waals surface area contributed by atoms with Crippen LogP contribution in [-0.2, 0) is 6.42 Å². The first-order chi connectivity index (χ1) is 7.90. The molecule has 0 unspecified atom stereocenters. The molecule has 84 valence electrons. The van der Waals surface area contributed by atoms with Crippen molar-refractivity contribution in [2.45, 2.75) is 39.0 Å². The van der Waals surface area contributed by atoms with Crippen LogP contribution in [0.25, 0.3) is 10.8 Å². The summed E-state index contributed by atoms with van der Waals surface area (Å²) in [6, 6.07) is 15.4. The summed E-state index contributed by atoms with van der Waals surface area (Å²) in [5.74, 6) is 0. The van der Waals surface area contributed by atoms with Crippen LogP contribution in [0.4, 0.5) is 0 Å². The highest BCUT2D eigenvalue weighted by Gasteiger charge is 1.96. The Morgan fingerprint density at radius 3 is 2.44 bits per heavy atom. The van der Waals surface area contributed by atoms with E-state index in [0.717, 1.165) is 0 Å². The highest BCUT2D eigenvalue weighted by atomic mass is 14.0. The molecule has 0 aromatic heterocycles. The molecule has 0 aliphatic rings. The number of hydrogen-bond donors (Lipinski definition) is 0. The maximum atomic E-state index is 2.33. The number of unbranched alkanes of at least 4 members (excludes halogenated alkanes) is 3. The SMILES string of the molecule is CCCCCCc1ccc2ccccc2c1. The monoisotopic (exact) mass is 212 g/mol. The lowest BCUT2D eigenvalue weighted by Crippen LogP contribution is -1.86. The van der Waals surface area contributed by atoms with E-state index in [1.807, 2.05) is 0 Å². The number of fused-ring (bicyclic) bond motifs is 1. The third-order valence-corrected chi connectivity index (χ3v) is 3.13. The Bertz CT molecular complexity index is 442. The summed E-state index contributed by atoms with van der Waals surface area (Å²) in [5, 5.41) is 2.72. The molecule has 0 bridgehead atoms. The van der Waals surface area contributed by atoms with Crippen LogP contribution in [-0.4, -0.2) is 0 Å². The fourth-order valence-electron chi connectivity index (χ4n) is 2.15. The zero-order chi connectivity index (χ0) is 11.2. The van der Waals surface area contributed by atoms with Gasteiger partial charge in [0.05, 0.1) is 0 Å². The first-order valence-electron chi connectivity index (χ1n) is 6.38. The number of aryl methyl sites for hydroxylation is 1. The van der Waals surface area contributed by atoms with Gasteiger partial charge in [0.2, 0.25) is 0 Å². The Balaban J connectivity index is 2.02. The van der Waals surface area contributed by atoms with Gasteiger partial charge in [-0.2, -0.15) is 0 Å². The van der Waals surface area contributed by atoms with Gasteiger partial charge in [0.25, 0.3) is 0 Å². The fraction of sp³-hybridized carbons (Fsp3) is 0.375. The van der Waals surface area contributed by atoms with E-state index < -0.39 is 0 Å². The van der Waals surface area contributed by atoms with Gasteiger partial charge in [0, 0.05) is 0 Å². The predicted octanol–water partition coefficient (Wildman–Crippen LogP) is 4.96. The summed E-state index contributed by atoms with van der Waals surface area (Å²) in [6.07, 6.45) is 6.60. The minimum absolute atomic E-state index is 1.23. The zero-order valence-electron chi connectivity index (χ0n) is 10.1. The molecule has 0 nitrogen and oxygen atoms in total. The molecule has 0 heteroatoms. The van der Waals surface area contributed by atoms with E-state index in [-0.39, 0.29) is 0 Å². The van der Waals surface area contributed by atoms with E-state index in [1.54, 1.807) is 0 Å². The van der Waals surface area contributed by atoms with Crippen molar-refractivity contribution in [2.24, 2.45) is 0 Å². The quantitative estimate of drug-likeness (QED) is 0.614. The lowest BCUT2D eigenvalue weighted by atomic mass is 10.0. The van der Waals surface area contributed by atoms with Gasteiger partial charge in [0.15, 0.2) is 0 Å². The molecule has 0 aliphatic heterocycles. The van der Waals surface area contributed by atoms with Gasteiger partial charge >= 0.3 is 0 Å². The first-order valence-corrected chi connectivity index (χ1v) is 6.38. The standard InChI is InChI=1S/C16H20/c1-2-3-4-5-8-14-11-12-15-9-6-7-10-16(15)13-14/h6-7,9-13H,2-5,8H2,1H3. The van der Waals surface area contributed by atoms with Crippen molar-refractivity contribution in [1.29, 1.82) is 0 Å². The van der Waals surface area contributed by atoms with Gasteiger partial charge in [-0.05, 0) is 29.2 Å². The zero-order valence-corrected chi connectivity index (χ0v) is 10.1. The summed E-state index contributed by atoms with van der Waals surface area (Å²) in [6.45, 7) is 2.26. The predicted molar refractivity (Wildman–Crippen MR) is 71.8 cm³/mol. The topological polar surface area (TPSA) is 0 Å². The average Bonchev–Trinajstić information content (AvgIpc) is 2.34.